The number of carbonyl (C=O) groups is 1. The van der Waals surface area contributed by atoms with E-state index in [4.69, 9.17) is 33.0 Å². The highest BCUT2D eigenvalue weighted by Gasteiger charge is 2.34. The predicted octanol–water partition coefficient (Wildman–Crippen LogP) is 5.02. The molecular formula is C27H23Cl2FN8O2S. The van der Waals surface area contributed by atoms with Crippen LogP contribution in [0.2, 0.25) is 10.0 Å². The van der Waals surface area contributed by atoms with Crippen molar-refractivity contribution >= 4 is 62.3 Å². The van der Waals surface area contributed by atoms with E-state index in [1.54, 1.807) is 40.9 Å². The fourth-order valence-corrected chi connectivity index (χ4v) is 6.42. The van der Waals surface area contributed by atoms with E-state index in [0.717, 1.165) is 24.5 Å². The number of morpholine rings is 1. The van der Waals surface area contributed by atoms with Crippen LogP contribution in [0, 0.1) is 0 Å². The second kappa shape index (κ2) is 10.7. The third-order valence-electron chi connectivity index (χ3n) is 7.32. The van der Waals surface area contributed by atoms with E-state index in [1.165, 1.54) is 16.0 Å². The molecule has 2 aliphatic rings. The first-order valence-corrected chi connectivity index (χ1v) is 14.6. The highest BCUT2D eigenvalue weighted by atomic mass is 35.5. The lowest BCUT2D eigenvalue weighted by Gasteiger charge is -2.27. The van der Waals surface area contributed by atoms with Crippen LogP contribution < -0.4 is 10.2 Å². The van der Waals surface area contributed by atoms with E-state index in [0.29, 0.717) is 56.2 Å². The molecule has 1 unspecified atom stereocenters. The standard InChI is InChI=1S/C27H23Cl2FN8O2S/c28-19-10-17(15-1-2-21(32-11-15)36-4-6-40-7-5-36)22(29)23-18(19)13-38(35-23)25(26(39)34-27-31-3-8-41-27)24-20-9-16(30)12-37(20)14-33-24/h1-3,8,10-11,13-14,16,25H,4-7,9,12H2,(H,31,34,39)/t16-,25?/m1/s1. The maximum absolute atomic E-state index is 14.3. The summed E-state index contributed by atoms with van der Waals surface area (Å²) in [6.07, 6.45) is 5.72. The van der Waals surface area contributed by atoms with Gasteiger partial charge < -0.3 is 14.2 Å². The monoisotopic (exact) mass is 612 g/mol. The fraction of sp³-hybridized carbons (Fsp3) is 0.296. The van der Waals surface area contributed by atoms with Crippen molar-refractivity contribution in [3.05, 3.63) is 69.9 Å². The van der Waals surface area contributed by atoms with Crippen LogP contribution in [0.5, 0.6) is 0 Å². The van der Waals surface area contributed by atoms with Gasteiger partial charge in [0.05, 0.1) is 41.8 Å². The third-order valence-corrected chi connectivity index (χ3v) is 8.71. The Morgan fingerprint density at radius 1 is 1.20 bits per heavy atom. The number of ether oxygens (including phenoxy) is 1. The Bertz CT molecular complexity index is 1730. The number of benzene rings is 1. The van der Waals surface area contributed by atoms with Gasteiger partial charge in [0.1, 0.15) is 17.5 Å². The number of nitrogens with one attached hydrogen (secondary N) is 1. The first-order chi connectivity index (χ1) is 20.0. The van der Waals surface area contributed by atoms with Gasteiger partial charge in [0, 0.05) is 65.7 Å². The van der Waals surface area contributed by atoms with E-state index in [1.807, 2.05) is 12.1 Å². The van der Waals surface area contributed by atoms with Crippen LogP contribution in [-0.2, 0) is 22.5 Å². The summed E-state index contributed by atoms with van der Waals surface area (Å²) in [5.74, 6) is 0.453. The SMILES string of the molecule is O=C(Nc1nccs1)C(c1ncn2c1C[C@@H](F)C2)n1cc2c(Cl)cc(-c3ccc(N4CCOCC4)nc3)c(Cl)c2n1. The average molecular weight is 614 g/mol. The minimum atomic E-state index is -1.04. The molecule has 1 N–H and O–H groups in total. The number of hydrogen-bond acceptors (Lipinski definition) is 8. The number of fused-ring (bicyclic) bond motifs is 2. The van der Waals surface area contributed by atoms with Gasteiger partial charge in [-0.15, -0.1) is 11.3 Å². The lowest BCUT2D eigenvalue weighted by molar-refractivity contribution is -0.118. The van der Waals surface area contributed by atoms with E-state index < -0.39 is 18.1 Å². The van der Waals surface area contributed by atoms with Crippen molar-refractivity contribution < 1.29 is 13.9 Å². The number of rotatable bonds is 6. The molecule has 6 heterocycles. The summed E-state index contributed by atoms with van der Waals surface area (Å²) in [7, 11) is 0. The third kappa shape index (κ3) is 4.84. The van der Waals surface area contributed by atoms with Gasteiger partial charge >= 0.3 is 0 Å². The number of imidazole rings is 1. The van der Waals surface area contributed by atoms with Crippen LogP contribution in [0.3, 0.4) is 0 Å². The molecule has 1 saturated heterocycles. The molecule has 0 aliphatic carbocycles. The molecule has 7 rings (SSSR count). The number of anilines is 2. The number of alkyl halides is 1. The minimum absolute atomic E-state index is 0.163. The topological polar surface area (TPSA) is 103 Å². The van der Waals surface area contributed by atoms with Gasteiger partial charge in [-0.25, -0.2) is 19.3 Å². The van der Waals surface area contributed by atoms with E-state index in [-0.39, 0.29) is 13.0 Å². The summed E-state index contributed by atoms with van der Waals surface area (Å²) in [5, 5.41) is 11.1. The van der Waals surface area contributed by atoms with Gasteiger partial charge in [-0.3, -0.25) is 14.8 Å². The lowest BCUT2D eigenvalue weighted by atomic mass is 10.1. The van der Waals surface area contributed by atoms with Crippen molar-refractivity contribution in [2.24, 2.45) is 0 Å². The Morgan fingerprint density at radius 2 is 2.05 bits per heavy atom. The Balaban J connectivity index is 1.28. The van der Waals surface area contributed by atoms with Crippen molar-refractivity contribution in [3.63, 3.8) is 0 Å². The lowest BCUT2D eigenvalue weighted by Crippen LogP contribution is -2.36. The predicted molar refractivity (Wildman–Crippen MR) is 156 cm³/mol. The summed E-state index contributed by atoms with van der Waals surface area (Å²) in [6.45, 7) is 3.10. The zero-order chi connectivity index (χ0) is 28.1. The first-order valence-electron chi connectivity index (χ1n) is 13.0. The summed E-state index contributed by atoms with van der Waals surface area (Å²) in [6, 6.07) is 4.67. The number of carbonyl (C=O) groups excluding carboxylic acids is 1. The molecule has 4 aromatic heterocycles. The Hall–Kier alpha value is -3.58. The van der Waals surface area contributed by atoms with Gasteiger partial charge in [0.25, 0.3) is 5.91 Å². The van der Waals surface area contributed by atoms with Gasteiger partial charge in [-0.2, -0.15) is 5.10 Å². The quantitative estimate of drug-likeness (QED) is 0.287. The maximum atomic E-state index is 14.3. The van der Waals surface area contributed by atoms with E-state index >= 15 is 0 Å². The molecule has 1 aromatic carbocycles. The molecule has 0 radical (unpaired) electrons. The molecule has 0 spiro atoms. The van der Waals surface area contributed by atoms with Crippen molar-refractivity contribution in [2.45, 2.75) is 25.2 Å². The van der Waals surface area contributed by atoms with Crippen molar-refractivity contribution in [1.82, 2.24) is 29.3 Å². The number of nitrogens with zero attached hydrogens (tertiary/aromatic N) is 7. The van der Waals surface area contributed by atoms with Gasteiger partial charge in [0.2, 0.25) is 0 Å². The molecule has 14 heteroatoms. The number of aromatic nitrogens is 6. The largest absolute Gasteiger partial charge is 0.378 e. The van der Waals surface area contributed by atoms with Gasteiger partial charge in [-0.1, -0.05) is 23.2 Å². The maximum Gasteiger partial charge on any atom is 0.257 e. The smallest absolute Gasteiger partial charge is 0.257 e. The van der Waals surface area contributed by atoms with Crippen molar-refractivity contribution in [1.29, 1.82) is 0 Å². The first kappa shape index (κ1) is 26.3. The molecule has 0 saturated carbocycles. The highest BCUT2D eigenvalue weighted by molar-refractivity contribution is 7.13. The minimum Gasteiger partial charge on any atom is -0.378 e. The second-order valence-electron chi connectivity index (χ2n) is 9.86. The highest BCUT2D eigenvalue weighted by Crippen LogP contribution is 2.39. The molecule has 1 amide bonds. The molecule has 5 aromatic rings. The summed E-state index contributed by atoms with van der Waals surface area (Å²) < 4.78 is 22.9. The molecule has 1 fully saturated rings. The van der Waals surface area contributed by atoms with Gasteiger partial charge in [-0.05, 0) is 18.2 Å². The fourth-order valence-electron chi connectivity index (χ4n) is 5.34. The Morgan fingerprint density at radius 3 is 2.80 bits per heavy atom. The Labute approximate surface area is 247 Å². The van der Waals surface area contributed by atoms with Crippen molar-refractivity contribution in [3.8, 4) is 11.1 Å². The Kier molecular flexibility index (Phi) is 6.86. The zero-order valence-corrected chi connectivity index (χ0v) is 23.8. The molecular weight excluding hydrogens is 590 g/mol. The molecule has 210 valence electrons. The molecule has 10 nitrogen and oxygen atoms in total. The van der Waals surface area contributed by atoms with Crippen LogP contribution in [0.25, 0.3) is 22.0 Å². The summed E-state index contributed by atoms with van der Waals surface area (Å²) in [4.78, 5) is 29.1. The summed E-state index contributed by atoms with van der Waals surface area (Å²) >= 11 is 15.0. The molecule has 41 heavy (non-hydrogen) atoms. The zero-order valence-electron chi connectivity index (χ0n) is 21.5. The van der Waals surface area contributed by atoms with E-state index in [2.05, 4.69) is 25.2 Å². The van der Waals surface area contributed by atoms with Crippen molar-refractivity contribution in [2.75, 3.05) is 36.5 Å². The molecule has 2 atom stereocenters. The molecule has 0 bridgehead atoms. The number of amides is 1. The summed E-state index contributed by atoms with van der Waals surface area (Å²) in [5.41, 5.74) is 2.95. The van der Waals surface area contributed by atoms with Crippen LogP contribution in [0.1, 0.15) is 17.4 Å². The van der Waals surface area contributed by atoms with Crippen LogP contribution in [0.15, 0.2) is 48.5 Å². The number of halogens is 3. The van der Waals surface area contributed by atoms with Crippen LogP contribution in [0.4, 0.5) is 15.3 Å². The number of pyridine rings is 1. The van der Waals surface area contributed by atoms with E-state index in [9.17, 15) is 9.18 Å². The molecule has 2 aliphatic heterocycles. The van der Waals surface area contributed by atoms with Gasteiger partial charge in [0.15, 0.2) is 11.2 Å². The van der Waals surface area contributed by atoms with Crippen LogP contribution in [-0.4, -0.2) is 67.7 Å². The van der Waals surface area contributed by atoms with Crippen LogP contribution >= 0.6 is 34.5 Å². The average Bonchev–Trinajstić information content (AvgIpc) is 3.78. The number of hydrogen-bond donors (Lipinski definition) is 1. The number of thiazole rings is 1. The normalized spacial score (nSPS) is 17.6. The second-order valence-corrected chi connectivity index (χ2v) is 11.5.